The van der Waals surface area contributed by atoms with Crippen LogP contribution < -0.4 is 4.74 Å². The van der Waals surface area contributed by atoms with Gasteiger partial charge in [0.25, 0.3) is 0 Å². The summed E-state index contributed by atoms with van der Waals surface area (Å²) in [4.78, 5) is 0. The number of hydrogen-bond donors (Lipinski definition) is 1. The Kier molecular flexibility index (Phi) is 5.34. The van der Waals surface area contributed by atoms with E-state index >= 15 is 0 Å². The topological polar surface area (TPSA) is 47.3 Å². The molecule has 0 spiro atoms. The third-order valence-corrected chi connectivity index (χ3v) is 4.49. The maximum absolute atomic E-state index is 9.21. The van der Waals surface area contributed by atoms with Crippen molar-refractivity contribution >= 4 is 0 Å². The van der Waals surface area contributed by atoms with E-state index in [0.717, 1.165) is 37.3 Å². The van der Waals surface area contributed by atoms with Crippen molar-refractivity contribution in [3.8, 4) is 17.0 Å². The van der Waals surface area contributed by atoms with E-state index in [0.29, 0.717) is 6.54 Å². The Hall–Kier alpha value is -1.81. The van der Waals surface area contributed by atoms with E-state index in [1.165, 1.54) is 36.0 Å². The van der Waals surface area contributed by atoms with Crippen LogP contribution in [0, 0.1) is 0 Å². The molecule has 1 heterocycles. The summed E-state index contributed by atoms with van der Waals surface area (Å²) in [6, 6.07) is 6.38. The van der Waals surface area contributed by atoms with Crippen LogP contribution in [0.25, 0.3) is 11.3 Å². The maximum atomic E-state index is 9.21. The molecule has 4 heteroatoms. The monoisotopic (exact) mass is 314 g/mol. The van der Waals surface area contributed by atoms with E-state index in [1.54, 1.807) is 0 Å². The quantitative estimate of drug-likeness (QED) is 0.757. The van der Waals surface area contributed by atoms with Gasteiger partial charge in [0.05, 0.1) is 31.6 Å². The highest BCUT2D eigenvalue weighted by atomic mass is 16.5. The molecule has 0 saturated heterocycles. The molecule has 0 unspecified atom stereocenters. The second-order valence-electron chi connectivity index (χ2n) is 6.19. The van der Waals surface area contributed by atoms with Gasteiger partial charge in [-0.2, -0.15) is 5.10 Å². The van der Waals surface area contributed by atoms with Crippen LogP contribution in [0.5, 0.6) is 5.75 Å². The zero-order valence-corrected chi connectivity index (χ0v) is 13.9. The standard InChI is InChI=1S/C19H26N2O2/c1-2-3-4-5-12-23-17-8-9-18-15(13-17)6-7-16-14-20-21(10-11-22)19(16)18/h8-9,13-14,22H,2-7,10-12H2,1H3. The van der Waals surface area contributed by atoms with E-state index < -0.39 is 0 Å². The van der Waals surface area contributed by atoms with E-state index in [2.05, 4.69) is 30.2 Å². The number of aromatic nitrogens is 2. The Balaban J connectivity index is 1.72. The predicted octanol–water partition coefficient (Wildman–Crippen LogP) is 3.60. The first-order valence-corrected chi connectivity index (χ1v) is 8.75. The number of fused-ring (bicyclic) bond motifs is 3. The van der Waals surface area contributed by atoms with Crippen molar-refractivity contribution in [3.63, 3.8) is 0 Å². The van der Waals surface area contributed by atoms with Crippen LogP contribution >= 0.6 is 0 Å². The summed E-state index contributed by atoms with van der Waals surface area (Å²) in [5.74, 6) is 0.969. The molecule has 1 aromatic carbocycles. The molecular weight excluding hydrogens is 288 g/mol. The number of ether oxygens (including phenoxy) is 1. The molecule has 0 atom stereocenters. The lowest BCUT2D eigenvalue weighted by Crippen LogP contribution is -2.10. The third-order valence-electron chi connectivity index (χ3n) is 4.49. The lowest BCUT2D eigenvalue weighted by atomic mass is 9.90. The number of rotatable bonds is 8. The minimum Gasteiger partial charge on any atom is -0.494 e. The normalized spacial score (nSPS) is 12.8. The van der Waals surface area contributed by atoms with Gasteiger partial charge in [0.15, 0.2) is 0 Å². The van der Waals surface area contributed by atoms with Gasteiger partial charge in [-0.15, -0.1) is 0 Å². The van der Waals surface area contributed by atoms with Gasteiger partial charge in [-0.1, -0.05) is 26.2 Å². The van der Waals surface area contributed by atoms with Crippen molar-refractivity contribution in [2.24, 2.45) is 0 Å². The summed E-state index contributed by atoms with van der Waals surface area (Å²) < 4.78 is 7.82. The van der Waals surface area contributed by atoms with Gasteiger partial charge in [-0.3, -0.25) is 4.68 Å². The van der Waals surface area contributed by atoms with Crippen molar-refractivity contribution in [3.05, 3.63) is 35.5 Å². The van der Waals surface area contributed by atoms with Crippen molar-refractivity contribution in [1.82, 2.24) is 9.78 Å². The highest BCUT2D eigenvalue weighted by Crippen LogP contribution is 2.35. The van der Waals surface area contributed by atoms with Gasteiger partial charge in [0.2, 0.25) is 0 Å². The fourth-order valence-corrected chi connectivity index (χ4v) is 3.27. The molecule has 1 aliphatic carbocycles. The fraction of sp³-hybridized carbons (Fsp3) is 0.526. The average Bonchev–Trinajstić information content (AvgIpc) is 2.98. The Morgan fingerprint density at radius 2 is 2.04 bits per heavy atom. The molecule has 0 saturated carbocycles. The van der Waals surface area contributed by atoms with Gasteiger partial charge in [-0.05, 0) is 48.6 Å². The number of benzene rings is 1. The summed E-state index contributed by atoms with van der Waals surface area (Å²) in [7, 11) is 0. The summed E-state index contributed by atoms with van der Waals surface area (Å²) in [5, 5.41) is 13.6. The molecule has 0 bridgehead atoms. The molecule has 0 amide bonds. The maximum Gasteiger partial charge on any atom is 0.119 e. The van der Waals surface area contributed by atoms with Gasteiger partial charge in [0, 0.05) is 5.56 Å². The molecule has 3 rings (SSSR count). The van der Waals surface area contributed by atoms with Crippen LogP contribution in [0.1, 0.15) is 43.7 Å². The van der Waals surface area contributed by atoms with E-state index in [1.807, 2.05) is 10.9 Å². The molecule has 0 radical (unpaired) electrons. The number of aliphatic hydroxyl groups is 1. The van der Waals surface area contributed by atoms with E-state index in [-0.39, 0.29) is 6.61 Å². The van der Waals surface area contributed by atoms with Gasteiger partial charge in [-0.25, -0.2) is 0 Å². The summed E-state index contributed by atoms with van der Waals surface area (Å²) >= 11 is 0. The first kappa shape index (κ1) is 16.1. The molecular formula is C19H26N2O2. The van der Waals surface area contributed by atoms with Crippen LogP contribution in [0.15, 0.2) is 24.4 Å². The van der Waals surface area contributed by atoms with Crippen LogP contribution in [-0.2, 0) is 19.4 Å². The number of unbranched alkanes of at least 4 members (excludes halogenated alkanes) is 3. The number of hydrogen-bond acceptors (Lipinski definition) is 3. The van der Waals surface area contributed by atoms with Crippen LogP contribution in [-0.4, -0.2) is 28.1 Å². The minimum atomic E-state index is 0.114. The van der Waals surface area contributed by atoms with Crippen LogP contribution in [0.4, 0.5) is 0 Å². The number of aliphatic hydroxyl groups excluding tert-OH is 1. The Labute approximate surface area is 138 Å². The van der Waals surface area contributed by atoms with Crippen LogP contribution in [0.2, 0.25) is 0 Å². The van der Waals surface area contributed by atoms with Crippen molar-refractivity contribution in [1.29, 1.82) is 0 Å². The molecule has 0 fully saturated rings. The molecule has 0 aliphatic heterocycles. The Bertz CT molecular complexity index is 649. The van der Waals surface area contributed by atoms with Crippen LogP contribution in [0.3, 0.4) is 0 Å². The lowest BCUT2D eigenvalue weighted by Gasteiger charge is -2.19. The highest BCUT2D eigenvalue weighted by Gasteiger charge is 2.21. The summed E-state index contributed by atoms with van der Waals surface area (Å²) in [6.07, 6.45) is 8.87. The third kappa shape index (κ3) is 3.58. The SMILES string of the molecule is CCCCCCOc1ccc2c(c1)CCc1cnn(CCO)c1-2. The first-order valence-electron chi connectivity index (χ1n) is 8.75. The first-order chi connectivity index (χ1) is 11.3. The minimum absolute atomic E-state index is 0.114. The number of aryl methyl sites for hydroxylation is 2. The lowest BCUT2D eigenvalue weighted by molar-refractivity contribution is 0.270. The molecule has 2 aromatic rings. The zero-order chi connectivity index (χ0) is 16.1. The van der Waals surface area contributed by atoms with Crippen molar-refractivity contribution < 1.29 is 9.84 Å². The highest BCUT2D eigenvalue weighted by molar-refractivity contribution is 5.70. The Morgan fingerprint density at radius 3 is 2.87 bits per heavy atom. The predicted molar refractivity (Wildman–Crippen MR) is 91.8 cm³/mol. The number of nitrogens with zero attached hydrogens (tertiary/aromatic N) is 2. The molecule has 23 heavy (non-hydrogen) atoms. The van der Waals surface area contributed by atoms with Gasteiger partial charge < -0.3 is 9.84 Å². The van der Waals surface area contributed by atoms with Gasteiger partial charge in [0.1, 0.15) is 5.75 Å². The summed E-state index contributed by atoms with van der Waals surface area (Å²) in [6.45, 7) is 3.68. The molecule has 1 aliphatic rings. The second kappa shape index (κ2) is 7.64. The van der Waals surface area contributed by atoms with E-state index in [4.69, 9.17) is 4.74 Å². The zero-order valence-electron chi connectivity index (χ0n) is 13.9. The summed E-state index contributed by atoms with van der Waals surface area (Å²) in [5.41, 5.74) is 4.99. The molecule has 124 valence electrons. The fourth-order valence-electron chi connectivity index (χ4n) is 3.27. The van der Waals surface area contributed by atoms with Crippen molar-refractivity contribution in [2.75, 3.05) is 13.2 Å². The largest absolute Gasteiger partial charge is 0.494 e. The second-order valence-corrected chi connectivity index (χ2v) is 6.19. The van der Waals surface area contributed by atoms with E-state index in [9.17, 15) is 5.11 Å². The average molecular weight is 314 g/mol. The molecule has 1 N–H and O–H groups in total. The van der Waals surface area contributed by atoms with Crippen molar-refractivity contribution in [2.45, 2.75) is 52.0 Å². The Morgan fingerprint density at radius 1 is 1.17 bits per heavy atom. The molecule has 4 nitrogen and oxygen atoms in total. The molecule has 1 aromatic heterocycles. The van der Waals surface area contributed by atoms with Gasteiger partial charge >= 0.3 is 0 Å². The smallest absolute Gasteiger partial charge is 0.119 e.